The van der Waals surface area contributed by atoms with Crippen molar-refractivity contribution in [2.45, 2.75) is 25.3 Å². The van der Waals surface area contributed by atoms with Gasteiger partial charge in [-0.1, -0.05) is 30.3 Å². The average Bonchev–Trinajstić information content (AvgIpc) is 3.12. The maximum absolute atomic E-state index is 13.9. The Kier molecular flexibility index (Phi) is 5.17. The van der Waals surface area contributed by atoms with Gasteiger partial charge in [0.15, 0.2) is 6.19 Å². The number of nitrogen functional groups attached to an aromatic ring is 1. The summed E-state index contributed by atoms with van der Waals surface area (Å²) in [5.74, 6) is -0.549. The summed E-state index contributed by atoms with van der Waals surface area (Å²) in [4.78, 5) is 1.73. The lowest BCUT2D eigenvalue weighted by Crippen LogP contribution is -2.34. The standard InChI is InChI=1S/C22H21F2N5/c23-18-8-7-17(20(24)11-18)10-15-3-5-16(6-4-15)21-12-22(26)29(27-21)19-2-1-9-28(13-19)14-25/h3-8,11-12,19H,1-2,9-10,13,26H2/t19-/m1/s1. The van der Waals surface area contributed by atoms with Gasteiger partial charge in [-0.15, -0.1) is 0 Å². The van der Waals surface area contributed by atoms with Crippen LogP contribution in [-0.4, -0.2) is 27.8 Å². The highest BCUT2D eigenvalue weighted by Crippen LogP contribution is 2.28. The van der Waals surface area contributed by atoms with E-state index >= 15 is 0 Å². The normalized spacial score (nSPS) is 16.6. The molecule has 1 saturated heterocycles. The molecule has 2 N–H and O–H groups in total. The highest BCUT2D eigenvalue weighted by molar-refractivity contribution is 5.62. The van der Waals surface area contributed by atoms with E-state index in [1.165, 1.54) is 12.1 Å². The van der Waals surface area contributed by atoms with E-state index in [0.29, 0.717) is 24.3 Å². The van der Waals surface area contributed by atoms with Gasteiger partial charge in [-0.25, -0.2) is 13.5 Å². The minimum atomic E-state index is -0.578. The number of nitriles is 1. The Morgan fingerprint density at radius 3 is 2.66 bits per heavy atom. The molecule has 1 aliphatic heterocycles. The summed E-state index contributed by atoms with van der Waals surface area (Å²) in [6.45, 7) is 1.39. The number of likely N-dealkylation sites (tertiary alicyclic amines) is 1. The molecule has 4 rings (SSSR count). The second-order valence-corrected chi connectivity index (χ2v) is 7.35. The smallest absolute Gasteiger partial charge is 0.179 e. The maximum atomic E-state index is 13.9. The van der Waals surface area contributed by atoms with Crippen molar-refractivity contribution in [3.05, 3.63) is 71.3 Å². The third kappa shape index (κ3) is 4.06. The fourth-order valence-electron chi connectivity index (χ4n) is 3.77. The van der Waals surface area contributed by atoms with Crippen LogP contribution in [0.3, 0.4) is 0 Å². The minimum Gasteiger partial charge on any atom is -0.384 e. The monoisotopic (exact) mass is 393 g/mol. The number of hydrogen-bond acceptors (Lipinski definition) is 4. The molecule has 0 radical (unpaired) electrons. The van der Waals surface area contributed by atoms with E-state index in [1.807, 2.05) is 30.3 Å². The second kappa shape index (κ2) is 7.92. The molecule has 0 unspecified atom stereocenters. The van der Waals surface area contributed by atoms with Crippen LogP contribution < -0.4 is 5.73 Å². The van der Waals surface area contributed by atoms with Crippen LogP contribution in [0.1, 0.15) is 30.0 Å². The molecule has 2 heterocycles. The Labute approximate surface area is 168 Å². The largest absolute Gasteiger partial charge is 0.384 e. The van der Waals surface area contributed by atoms with Crippen LogP contribution in [0.4, 0.5) is 14.6 Å². The first-order chi connectivity index (χ1) is 14.0. The van der Waals surface area contributed by atoms with Gasteiger partial charge in [0, 0.05) is 30.7 Å². The summed E-state index contributed by atoms with van der Waals surface area (Å²) in [5, 5.41) is 13.8. The molecule has 0 aliphatic carbocycles. The van der Waals surface area contributed by atoms with E-state index in [9.17, 15) is 8.78 Å². The van der Waals surface area contributed by atoms with Gasteiger partial charge in [-0.3, -0.25) is 0 Å². The molecular weight excluding hydrogens is 372 g/mol. The second-order valence-electron chi connectivity index (χ2n) is 7.35. The van der Waals surface area contributed by atoms with Gasteiger partial charge in [0.25, 0.3) is 0 Å². The summed E-state index contributed by atoms with van der Waals surface area (Å²) < 4.78 is 28.7. The third-order valence-corrected chi connectivity index (χ3v) is 5.31. The average molecular weight is 393 g/mol. The summed E-state index contributed by atoms with van der Waals surface area (Å²) in [5.41, 5.74) is 9.22. The molecule has 0 bridgehead atoms. The summed E-state index contributed by atoms with van der Waals surface area (Å²) in [6, 6.07) is 13.2. The molecule has 2 aromatic carbocycles. The lowest BCUT2D eigenvalue weighted by atomic mass is 10.0. The van der Waals surface area contributed by atoms with Gasteiger partial charge >= 0.3 is 0 Å². The zero-order valence-corrected chi connectivity index (χ0v) is 15.9. The third-order valence-electron chi connectivity index (χ3n) is 5.31. The molecule has 0 saturated carbocycles. The van der Waals surface area contributed by atoms with Crippen molar-refractivity contribution >= 4 is 5.82 Å². The number of hydrogen-bond donors (Lipinski definition) is 1. The first-order valence-corrected chi connectivity index (χ1v) is 9.56. The minimum absolute atomic E-state index is 0.0814. The van der Waals surface area contributed by atoms with Gasteiger partial charge in [-0.2, -0.15) is 10.4 Å². The van der Waals surface area contributed by atoms with Crippen molar-refractivity contribution in [3.8, 4) is 17.5 Å². The number of anilines is 1. The van der Waals surface area contributed by atoms with E-state index in [4.69, 9.17) is 11.0 Å². The number of rotatable bonds is 4. The van der Waals surface area contributed by atoms with Crippen LogP contribution in [0, 0.1) is 23.1 Å². The summed E-state index contributed by atoms with van der Waals surface area (Å²) >= 11 is 0. The maximum Gasteiger partial charge on any atom is 0.179 e. The molecule has 1 aliphatic rings. The van der Waals surface area contributed by atoms with Crippen molar-refractivity contribution in [1.82, 2.24) is 14.7 Å². The predicted octanol–water partition coefficient (Wildman–Crippen LogP) is 4.12. The number of aromatic nitrogens is 2. The molecule has 3 aromatic rings. The molecule has 0 spiro atoms. The molecule has 1 aromatic heterocycles. The van der Waals surface area contributed by atoms with Crippen LogP contribution in [0.15, 0.2) is 48.5 Å². The Morgan fingerprint density at radius 2 is 1.93 bits per heavy atom. The van der Waals surface area contributed by atoms with E-state index < -0.39 is 11.6 Å². The fraction of sp³-hybridized carbons (Fsp3) is 0.273. The first-order valence-electron chi connectivity index (χ1n) is 9.56. The summed E-state index contributed by atoms with van der Waals surface area (Å²) in [7, 11) is 0. The zero-order valence-electron chi connectivity index (χ0n) is 15.9. The van der Waals surface area contributed by atoms with Crippen LogP contribution in [0.25, 0.3) is 11.3 Å². The molecule has 0 amide bonds. The molecular formula is C22H21F2N5. The van der Waals surface area contributed by atoms with Gasteiger partial charge in [-0.05, 0) is 30.0 Å². The first kappa shape index (κ1) is 18.9. The lowest BCUT2D eigenvalue weighted by molar-refractivity contribution is 0.235. The fourth-order valence-corrected chi connectivity index (χ4v) is 3.77. The number of nitrogens with zero attached hydrogens (tertiary/aromatic N) is 4. The highest BCUT2D eigenvalue weighted by atomic mass is 19.1. The Bertz CT molecular complexity index is 1050. The number of piperidine rings is 1. The van der Waals surface area contributed by atoms with Gasteiger partial charge in [0.05, 0.1) is 18.3 Å². The van der Waals surface area contributed by atoms with E-state index in [2.05, 4.69) is 11.3 Å². The Morgan fingerprint density at radius 1 is 1.14 bits per heavy atom. The van der Waals surface area contributed by atoms with Crippen LogP contribution >= 0.6 is 0 Å². The van der Waals surface area contributed by atoms with Crippen molar-refractivity contribution < 1.29 is 8.78 Å². The lowest BCUT2D eigenvalue weighted by Gasteiger charge is -2.29. The van der Waals surface area contributed by atoms with Crippen LogP contribution in [0.5, 0.6) is 0 Å². The molecule has 7 heteroatoms. The molecule has 1 fully saturated rings. The van der Waals surface area contributed by atoms with E-state index in [-0.39, 0.29) is 6.04 Å². The Hall–Kier alpha value is -3.40. The van der Waals surface area contributed by atoms with Gasteiger partial charge < -0.3 is 10.6 Å². The van der Waals surface area contributed by atoms with Crippen LogP contribution in [0.2, 0.25) is 0 Å². The van der Waals surface area contributed by atoms with Crippen molar-refractivity contribution in [3.63, 3.8) is 0 Å². The van der Waals surface area contributed by atoms with Gasteiger partial charge in [0.2, 0.25) is 0 Å². The number of halogens is 2. The molecule has 1 atom stereocenters. The number of nitrogens with two attached hydrogens (primary N) is 1. The predicted molar refractivity (Wildman–Crippen MR) is 107 cm³/mol. The van der Waals surface area contributed by atoms with Crippen molar-refractivity contribution in [2.24, 2.45) is 0 Å². The van der Waals surface area contributed by atoms with Crippen LogP contribution in [-0.2, 0) is 6.42 Å². The topological polar surface area (TPSA) is 70.9 Å². The van der Waals surface area contributed by atoms with E-state index in [0.717, 1.165) is 42.3 Å². The SMILES string of the molecule is N#CN1CCC[C@@H](n2nc(-c3ccc(Cc4ccc(F)cc4F)cc3)cc2N)C1. The Balaban J connectivity index is 1.51. The van der Waals surface area contributed by atoms with Gasteiger partial charge in [0.1, 0.15) is 17.5 Å². The number of benzene rings is 2. The molecule has 29 heavy (non-hydrogen) atoms. The zero-order chi connectivity index (χ0) is 20.4. The quantitative estimate of drug-likeness (QED) is 0.677. The molecule has 148 valence electrons. The van der Waals surface area contributed by atoms with E-state index in [1.54, 1.807) is 9.58 Å². The van der Waals surface area contributed by atoms with Crippen molar-refractivity contribution in [2.75, 3.05) is 18.8 Å². The van der Waals surface area contributed by atoms with Crippen molar-refractivity contribution in [1.29, 1.82) is 5.26 Å². The highest BCUT2D eigenvalue weighted by Gasteiger charge is 2.23. The molecule has 5 nitrogen and oxygen atoms in total. The summed E-state index contributed by atoms with van der Waals surface area (Å²) in [6.07, 6.45) is 4.45.